The molecule has 1 saturated heterocycles. The van der Waals surface area contributed by atoms with Crippen LogP contribution in [0.1, 0.15) is 23.2 Å². The molecule has 1 aromatic heterocycles. The number of fused-ring (bicyclic) bond motifs is 1. The average molecular weight is 287 g/mol. The number of carboxylic acids is 1. The molecule has 0 unspecified atom stereocenters. The van der Waals surface area contributed by atoms with E-state index < -0.39 is 5.97 Å². The van der Waals surface area contributed by atoms with Gasteiger partial charge in [-0.25, -0.2) is 9.78 Å². The molecule has 0 atom stereocenters. The smallest absolute Gasteiger partial charge is 0.341 e. The molecule has 0 aliphatic carbocycles. The van der Waals surface area contributed by atoms with Gasteiger partial charge in [-0.3, -0.25) is 0 Å². The van der Waals surface area contributed by atoms with Gasteiger partial charge in [-0.1, -0.05) is 18.2 Å². The molecule has 1 aliphatic rings. The van der Waals surface area contributed by atoms with E-state index in [4.69, 9.17) is 9.47 Å². The molecule has 2 heterocycles. The van der Waals surface area contributed by atoms with Crippen LogP contribution in [0.5, 0.6) is 5.88 Å². The van der Waals surface area contributed by atoms with Gasteiger partial charge in [0.15, 0.2) is 0 Å². The van der Waals surface area contributed by atoms with Crippen molar-refractivity contribution in [2.45, 2.75) is 12.8 Å². The summed E-state index contributed by atoms with van der Waals surface area (Å²) in [6.45, 7) is 1.96. The minimum Gasteiger partial charge on any atom is -0.477 e. The number of ether oxygens (including phenoxy) is 2. The second-order valence-corrected chi connectivity index (χ2v) is 5.21. The molecular formula is C16H17NO4. The van der Waals surface area contributed by atoms with Crippen LogP contribution in [0.4, 0.5) is 0 Å². The fourth-order valence-corrected chi connectivity index (χ4v) is 2.47. The van der Waals surface area contributed by atoms with Crippen molar-refractivity contribution in [3.63, 3.8) is 0 Å². The molecule has 0 bridgehead atoms. The highest BCUT2D eigenvalue weighted by molar-refractivity contribution is 5.95. The first-order valence-electron chi connectivity index (χ1n) is 7.07. The fraction of sp³-hybridized carbons (Fsp3) is 0.375. The van der Waals surface area contributed by atoms with Gasteiger partial charge in [-0.15, -0.1) is 0 Å². The maximum absolute atomic E-state index is 11.4. The summed E-state index contributed by atoms with van der Waals surface area (Å²) in [7, 11) is 0. The summed E-state index contributed by atoms with van der Waals surface area (Å²) >= 11 is 0. The van der Waals surface area contributed by atoms with E-state index in [0.717, 1.165) is 37.0 Å². The van der Waals surface area contributed by atoms with Crippen LogP contribution in [-0.2, 0) is 4.74 Å². The van der Waals surface area contributed by atoms with Crippen molar-refractivity contribution in [1.82, 2.24) is 4.98 Å². The van der Waals surface area contributed by atoms with E-state index in [1.165, 1.54) is 0 Å². The number of pyridine rings is 1. The summed E-state index contributed by atoms with van der Waals surface area (Å²) in [4.78, 5) is 15.7. The van der Waals surface area contributed by atoms with E-state index in [-0.39, 0.29) is 11.4 Å². The molecule has 5 nitrogen and oxygen atoms in total. The first-order chi connectivity index (χ1) is 10.2. The van der Waals surface area contributed by atoms with Gasteiger partial charge in [-0.2, -0.15) is 0 Å². The maximum atomic E-state index is 11.4. The minimum absolute atomic E-state index is 0.112. The minimum atomic E-state index is -1.02. The molecule has 1 aliphatic heterocycles. The number of aromatic carboxylic acids is 1. The Labute approximate surface area is 122 Å². The molecule has 0 amide bonds. The van der Waals surface area contributed by atoms with E-state index in [0.29, 0.717) is 12.5 Å². The van der Waals surface area contributed by atoms with Gasteiger partial charge < -0.3 is 14.6 Å². The Morgan fingerprint density at radius 3 is 2.86 bits per heavy atom. The number of hydrogen-bond donors (Lipinski definition) is 1. The number of para-hydroxylation sites is 1. The van der Waals surface area contributed by atoms with E-state index in [2.05, 4.69) is 4.98 Å². The molecule has 3 rings (SSSR count). The molecule has 5 heteroatoms. The number of aromatic nitrogens is 1. The molecule has 0 saturated carbocycles. The van der Waals surface area contributed by atoms with Gasteiger partial charge in [-0.05, 0) is 30.9 Å². The van der Waals surface area contributed by atoms with Crippen molar-refractivity contribution >= 4 is 16.9 Å². The number of hydrogen-bond acceptors (Lipinski definition) is 4. The summed E-state index contributed by atoms with van der Waals surface area (Å²) in [6.07, 6.45) is 1.88. The van der Waals surface area contributed by atoms with E-state index in [1.807, 2.05) is 24.3 Å². The lowest BCUT2D eigenvalue weighted by Crippen LogP contribution is -2.22. The first-order valence-corrected chi connectivity index (χ1v) is 7.07. The van der Waals surface area contributed by atoms with Crippen LogP contribution in [0.25, 0.3) is 10.9 Å². The third-order valence-corrected chi connectivity index (χ3v) is 3.72. The summed E-state index contributed by atoms with van der Waals surface area (Å²) in [6, 6.07) is 9.04. The number of carboxylic acid groups (broad SMARTS) is 1. The van der Waals surface area contributed by atoms with Crippen LogP contribution in [0.15, 0.2) is 30.3 Å². The lowest BCUT2D eigenvalue weighted by molar-refractivity contribution is 0.0483. The molecular weight excluding hydrogens is 270 g/mol. The predicted octanol–water partition coefficient (Wildman–Crippen LogP) is 2.74. The van der Waals surface area contributed by atoms with Crippen molar-refractivity contribution in [3.8, 4) is 5.88 Å². The maximum Gasteiger partial charge on any atom is 0.341 e. The molecule has 0 radical (unpaired) electrons. The zero-order chi connectivity index (χ0) is 14.7. The topological polar surface area (TPSA) is 68.7 Å². The van der Waals surface area contributed by atoms with Crippen LogP contribution < -0.4 is 4.74 Å². The Hall–Kier alpha value is -2.14. The van der Waals surface area contributed by atoms with Crippen LogP contribution in [-0.4, -0.2) is 35.9 Å². The average Bonchev–Trinajstić information content (AvgIpc) is 2.53. The van der Waals surface area contributed by atoms with Crippen molar-refractivity contribution in [2.24, 2.45) is 5.92 Å². The summed E-state index contributed by atoms with van der Waals surface area (Å²) in [5.74, 6) is -0.420. The number of carbonyl (C=O) groups is 1. The van der Waals surface area contributed by atoms with Gasteiger partial charge in [0.05, 0.1) is 12.1 Å². The summed E-state index contributed by atoms with van der Waals surface area (Å²) in [5.41, 5.74) is 0.852. The second kappa shape index (κ2) is 6.10. The zero-order valence-electron chi connectivity index (χ0n) is 11.6. The van der Waals surface area contributed by atoms with Gasteiger partial charge in [0.25, 0.3) is 0 Å². The lowest BCUT2D eigenvalue weighted by atomic mass is 10.0. The van der Waals surface area contributed by atoms with Crippen molar-refractivity contribution in [3.05, 3.63) is 35.9 Å². The van der Waals surface area contributed by atoms with Crippen LogP contribution >= 0.6 is 0 Å². The fourth-order valence-electron chi connectivity index (χ4n) is 2.47. The molecule has 110 valence electrons. The van der Waals surface area contributed by atoms with Gasteiger partial charge in [0.1, 0.15) is 5.56 Å². The van der Waals surface area contributed by atoms with E-state index >= 15 is 0 Å². The predicted molar refractivity (Wildman–Crippen MR) is 77.7 cm³/mol. The lowest BCUT2D eigenvalue weighted by Gasteiger charge is -2.22. The normalized spacial score (nSPS) is 16.0. The standard InChI is InChI=1S/C16H17NO4/c18-16(19)13-9-12-3-1-2-4-14(12)17-15(13)21-10-11-5-7-20-8-6-11/h1-4,9,11H,5-8,10H2,(H,18,19). The molecule has 1 aromatic carbocycles. The zero-order valence-corrected chi connectivity index (χ0v) is 11.6. The Morgan fingerprint density at radius 2 is 2.10 bits per heavy atom. The van der Waals surface area contributed by atoms with Gasteiger partial charge in [0, 0.05) is 18.6 Å². The quantitative estimate of drug-likeness (QED) is 0.936. The number of rotatable bonds is 4. The first kappa shape index (κ1) is 13.8. The number of nitrogens with zero attached hydrogens (tertiary/aromatic N) is 1. The third-order valence-electron chi connectivity index (χ3n) is 3.72. The largest absolute Gasteiger partial charge is 0.477 e. The molecule has 21 heavy (non-hydrogen) atoms. The van der Waals surface area contributed by atoms with Crippen LogP contribution in [0.2, 0.25) is 0 Å². The SMILES string of the molecule is O=C(O)c1cc2ccccc2nc1OCC1CCOCC1. The molecule has 2 aromatic rings. The Morgan fingerprint density at radius 1 is 1.33 bits per heavy atom. The highest BCUT2D eigenvalue weighted by Gasteiger charge is 2.18. The Balaban J connectivity index is 1.84. The Bertz CT molecular complexity index is 650. The Kier molecular flexibility index (Phi) is 4.01. The molecule has 0 spiro atoms. The van der Waals surface area contributed by atoms with E-state index in [9.17, 15) is 9.90 Å². The van der Waals surface area contributed by atoms with Crippen molar-refractivity contribution < 1.29 is 19.4 Å². The second-order valence-electron chi connectivity index (χ2n) is 5.21. The molecule has 1 N–H and O–H groups in total. The van der Waals surface area contributed by atoms with Gasteiger partial charge >= 0.3 is 5.97 Å². The number of benzene rings is 1. The summed E-state index contributed by atoms with van der Waals surface area (Å²) in [5, 5.41) is 10.1. The van der Waals surface area contributed by atoms with Crippen LogP contribution in [0, 0.1) is 5.92 Å². The highest BCUT2D eigenvalue weighted by atomic mass is 16.5. The molecule has 1 fully saturated rings. The summed E-state index contributed by atoms with van der Waals surface area (Å²) < 4.78 is 11.0. The van der Waals surface area contributed by atoms with Gasteiger partial charge in [0.2, 0.25) is 5.88 Å². The van der Waals surface area contributed by atoms with Crippen molar-refractivity contribution in [1.29, 1.82) is 0 Å². The monoisotopic (exact) mass is 287 g/mol. The van der Waals surface area contributed by atoms with Crippen molar-refractivity contribution in [2.75, 3.05) is 19.8 Å². The third kappa shape index (κ3) is 3.13. The van der Waals surface area contributed by atoms with Crippen LogP contribution in [0.3, 0.4) is 0 Å². The highest BCUT2D eigenvalue weighted by Crippen LogP contribution is 2.24. The van der Waals surface area contributed by atoms with E-state index in [1.54, 1.807) is 6.07 Å².